The summed E-state index contributed by atoms with van der Waals surface area (Å²) in [4.78, 5) is 17.8. The van der Waals surface area contributed by atoms with Gasteiger partial charge in [0.05, 0.1) is 11.8 Å². The van der Waals surface area contributed by atoms with Crippen molar-refractivity contribution in [2.24, 2.45) is 5.92 Å². The molecule has 1 aromatic rings. The summed E-state index contributed by atoms with van der Waals surface area (Å²) in [5, 5.41) is 0. The molecular formula is C13H18FN3O. The lowest BCUT2D eigenvalue weighted by molar-refractivity contribution is 0.0748. The Morgan fingerprint density at radius 2 is 2.33 bits per heavy atom. The molecule has 0 radical (unpaired) electrons. The summed E-state index contributed by atoms with van der Waals surface area (Å²) in [7, 11) is 0. The van der Waals surface area contributed by atoms with Crippen molar-refractivity contribution in [3.63, 3.8) is 0 Å². The third-order valence-electron chi connectivity index (χ3n) is 3.07. The number of anilines is 1. The van der Waals surface area contributed by atoms with Gasteiger partial charge in [0.25, 0.3) is 5.91 Å². The van der Waals surface area contributed by atoms with E-state index in [2.05, 4.69) is 4.98 Å². The molecule has 98 valence electrons. The smallest absolute Gasteiger partial charge is 0.257 e. The SMILES string of the molecule is CCCN(CC1CC1)C(=O)c1cc(F)cnc1N. The molecule has 1 amide bonds. The first kappa shape index (κ1) is 12.8. The van der Waals surface area contributed by atoms with Gasteiger partial charge in [0.1, 0.15) is 11.6 Å². The van der Waals surface area contributed by atoms with Crippen molar-refractivity contribution in [1.29, 1.82) is 0 Å². The van der Waals surface area contributed by atoms with Crippen LogP contribution >= 0.6 is 0 Å². The van der Waals surface area contributed by atoms with Gasteiger partial charge >= 0.3 is 0 Å². The maximum absolute atomic E-state index is 13.1. The molecule has 1 aromatic heterocycles. The van der Waals surface area contributed by atoms with Crippen molar-refractivity contribution >= 4 is 11.7 Å². The maximum atomic E-state index is 13.1. The Balaban J connectivity index is 2.17. The number of pyridine rings is 1. The molecule has 4 nitrogen and oxygen atoms in total. The number of halogens is 1. The molecule has 0 aliphatic heterocycles. The summed E-state index contributed by atoms with van der Waals surface area (Å²) in [5.41, 5.74) is 5.82. The molecule has 2 N–H and O–H groups in total. The number of nitrogen functional groups attached to an aromatic ring is 1. The Hall–Kier alpha value is -1.65. The van der Waals surface area contributed by atoms with Crippen LogP contribution in [-0.4, -0.2) is 28.9 Å². The second kappa shape index (κ2) is 5.33. The Kier molecular flexibility index (Phi) is 3.79. The van der Waals surface area contributed by atoms with Crippen LogP contribution in [0.5, 0.6) is 0 Å². The minimum atomic E-state index is -0.532. The summed E-state index contributed by atoms with van der Waals surface area (Å²) >= 11 is 0. The second-order valence-corrected chi connectivity index (χ2v) is 4.78. The fourth-order valence-corrected chi connectivity index (χ4v) is 1.95. The lowest BCUT2D eigenvalue weighted by Gasteiger charge is -2.22. The van der Waals surface area contributed by atoms with Crippen LogP contribution in [0.4, 0.5) is 10.2 Å². The van der Waals surface area contributed by atoms with Crippen molar-refractivity contribution in [3.8, 4) is 0 Å². The molecule has 1 heterocycles. The third kappa shape index (κ3) is 2.97. The highest BCUT2D eigenvalue weighted by molar-refractivity contribution is 5.98. The minimum Gasteiger partial charge on any atom is -0.383 e. The summed E-state index contributed by atoms with van der Waals surface area (Å²) in [6, 6.07) is 1.17. The van der Waals surface area contributed by atoms with Crippen LogP contribution in [0.3, 0.4) is 0 Å². The predicted molar refractivity (Wildman–Crippen MR) is 67.5 cm³/mol. The van der Waals surface area contributed by atoms with Crippen LogP contribution in [0.25, 0.3) is 0 Å². The number of amides is 1. The molecule has 1 aliphatic carbocycles. The molecular weight excluding hydrogens is 233 g/mol. The highest BCUT2D eigenvalue weighted by atomic mass is 19.1. The zero-order chi connectivity index (χ0) is 13.1. The molecule has 1 fully saturated rings. The van der Waals surface area contributed by atoms with Gasteiger partial charge in [-0.3, -0.25) is 4.79 Å². The van der Waals surface area contributed by atoms with Crippen molar-refractivity contribution in [3.05, 3.63) is 23.6 Å². The first-order chi connectivity index (χ1) is 8.61. The molecule has 0 atom stereocenters. The van der Waals surface area contributed by atoms with E-state index in [0.29, 0.717) is 12.5 Å². The Bertz CT molecular complexity index is 446. The van der Waals surface area contributed by atoms with Crippen molar-refractivity contribution in [2.45, 2.75) is 26.2 Å². The topological polar surface area (TPSA) is 59.2 Å². The zero-order valence-electron chi connectivity index (χ0n) is 10.5. The first-order valence-corrected chi connectivity index (χ1v) is 6.32. The Morgan fingerprint density at radius 1 is 1.61 bits per heavy atom. The van der Waals surface area contributed by atoms with Crippen LogP contribution in [-0.2, 0) is 0 Å². The molecule has 0 aromatic carbocycles. The van der Waals surface area contributed by atoms with E-state index in [9.17, 15) is 9.18 Å². The van der Waals surface area contributed by atoms with Crippen molar-refractivity contribution in [2.75, 3.05) is 18.8 Å². The van der Waals surface area contributed by atoms with Gasteiger partial charge in [-0.25, -0.2) is 9.37 Å². The van der Waals surface area contributed by atoms with E-state index in [-0.39, 0.29) is 17.3 Å². The monoisotopic (exact) mass is 251 g/mol. The highest BCUT2D eigenvalue weighted by Crippen LogP contribution is 2.30. The van der Waals surface area contributed by atoms with E-state index in [0.717, 1.165) is 19.2 Å². The Morgan fingerprint density at radius 3 is 2.94 bits per heavy atom. The Labute approximate surface area is 106 Å². The summed E-state index contributed by atoms with van der Waals surface area (Å²) in [5.74, 6) is -0.0507. The van der Waals surface area contributed by atoms with Crippen LogP contribution in [0.2, 0.25) is 0 Å². The summed E-state index contributed by atoms with van der Waals surface area (Å²) in [6.45, 7) is 3.42. The molecule has 0 spiro atoms. The van der Waals surface area contributed by atoms with Crippen LogP contribution in [0.15, 0.2) is 12.3 Å². The second-order valence-electron chi connectivity index (χ2n) is 4.78. The number of carbonyl (C=O) groups excluding carboxylic acids is 1. The molecule has 1 saturated carbocycles. The molecule has 5 heteroatoms. The predicted octanol–water partition coefficient (Wildman–Crippen LogP) is 2.07. The molecule has 1 aliphatic rings. The largest absolute Gasteiger partial charge is 0.383 e. The number of aromatic nitrogens is 1. The van der Waals surface area contributed by atoms with E-state index >= 15 is 0 Å². The number of carbonyl (C=O) groups is 1. The van der Waals surface area contributed by atoms with E-state index in [4.69, 9.17) is 5.73 Å². The summed E-state index contributed by atoms with van der Waals surface area (Å²) < 4.78 is 13.1. The first-order valence-electron chi connectivity index (χ1n) is 6.32. The number of hydrogen-bond acceptors (Lipinski definition) is 3. The fraction of sp³-hybridized carbons (Fsp3) is 0.538. The van der Waals surface area contributed by atoms with Gasteiger partial charge in [0.2, 0.25) is 0 Å². The quantitative estimate of drug-likeness (QED) is 0.871. The lowest BCUT2D eigenvalue weighted by atomic mass is 10.2. The molecule has 0 unspecified atom stereocenters. The molecule has 2 rings (SSSR count). The number of nitrogens with zero attached hydrogens (tertiary/aromatic N) is 2. The standard InChI is InChI=1S/C13H18FN3O/c1-2-5-17(8-9-3-4-9)13(18)11-6-10(14)7-16-12(11)15/h6-7,9H,2-5,8H2,1H3,(H2,15,16). The number of hydrogen-bond donors (Lipinski definition) is 1. The minimum absolute atomic E-state index is 0.0956. The average Bonchev–Trinajstić information content (AvgIpc) is 3.15. The van der Waals surface area contributed by atoms with Crippen molar-refractivity contribution in [1.82, 2.24) is 9.88 Å². The third-order valence-corrected chi connectivity index (χ3v) is 3.07. The zero-order valence-corrected chi connectivity index (χ0v) is 10.5. The van der Waals surface area contributed by atoms with Crippen LogP contribution < -0.4 is 5.73 Å². The van der Waals surface area contributed by atoms with Gasteiger partial charge in [-0.2, -0.15) is 0 Å². The van der Waals surface area contributed by atoms with Gasteiger partial charge in [-0.1, -0.05) is 6.92 Å². The van der Waals surface area contributed by atoms with E-state index in [1.165, 1.54) is 18.9 Å². The van der Waals surface area contributed by atoms with Crippen LogP contribution in [0.1, 0.15) is 36.5 Å². The number of nitrogens with two attached hydrogens (primary N) is 1. The van der Waals surface area contributed by atoms with Crippen LogP contribution in [0, 0.1) is 11.7 Å². The van der Waals surface area contributed by atoms with Gasteiger partial charge < -0.3 is 10.6 Å². The normalized spacial score (nSPS) is 14.6. The highest BCUT2D eigenvalue weighted by Gasteiger charge is 2.27. The van der Waals surface area contributed by atoms with E-state index in [1.54, 1.807) is 4.90 Å². The average molecular weight is 251 g/mol. The maximum Gasteiger partial charge on any atom is 0.257 e. The summed E-state index contributed by atoms with van der Waals surface area (Å²) in [6.07, 6.45) is 4.24. The van der Waals surface area contributed by atoms with E-state index < -0.39 is 5.82 Å². The lowest BCUT2D eigenvalue weighted by Crippen LogP contribution is -2.34. The molecule has 0 bridgehead atoms. The van der Waals surface area contributed by atoms with Gasteiger partial charge in [0.15, 0.2) is 0 Å². The van der Waals surface area contributed by atoms with Gasteiger partial charge in [-0.15, -0.1) is 0 Å². The number of rotatable bonds is 5. The van der Waals surface area contributed by atoms with Crippen molar-refractivity contribution < 1.29 is 9.18 Å². The molecule has 18 heavy (non-hydrogen) atoms. The van der Waals surface area contributed by atoms with Gasteiger partial charge in [-0.05, 0) is 31.2 Å². The van der Waals surface area contributed by atoms with E-state index in [1.807, 2.05) is 6.92 Å². The van der Waals surface area contributed by atoms with Gasteiger partial charge in [0, 0.05) is 13.1 Å². The molecule has 0 saturated heterocycles. The fourth-order valence-electron chi connectivity index (χ4n) is 1.95.